The van der Waals surface area contributed by atoms with Crippen molar-refractivity contribution in [2.24, 2.45) is 40.4 Å². The van der Waals surface area contributed by atoms with Gasteiger partial charge in [0.05, 0.1) is 11.2 Å². The summed E-state index contributed by atoms with van der Waals surface area (Å²) in [6.07, 6.45) is 16.5. The lowest BCUT2D eigenvalue weighted by Gasteiger charge is -2.59. The van der Waals surface area contributed by atoms with Gasteiger partial charge >= 0.3 is 0 Å². The van der Waals surface area contributed by atoms with Crippen molar-refractivity contribution in [1.29, 1.82) is 0 Å². The van der Waals surface area contributed by atoms with Gasteiger partial charge in [-0.15, -0.1) is 0 Å². The van der Waals surface area contributed by atoms with Crippen molar-refractivity contribution in [1.82, 2.24) is 5.32 Å². The molecular weight excluding hydrogens is 394 g/mol. The van der Waals surface area contributed by atoms with Crippen LogP contribution in [0.15, 0.2) is 11.6 Å². The second-order valence-corrected chi connectivity index (χ2v) is 13.7. The predicted molar refractivity (Wildman–Crippen MR) is 131 cm³/mol. The summed E-state index contributed by atoms with van der Waals surface area (Å²) in [5.74, 6) is 4.07. The Morgan fingerprint density at radius 3 is 2.47 bits per heavy atom. The molecule has 0 aromatic rings. The minimum absolute atomic E-state index is 0.328. The van der Waals surface area contributed by atoms with Gasteiger partial charge < -0.3 is 15.5 Å². The van der Waals surface area contributed by atoms with Crippen LogP contribution < -0.4 is 5.32 Å². The summed E-state index contributed by atoms with van der Waals surface area (Å²) in [6.45, 7) is 11.7. The summed E-state index contributed by atoms with van der Waals surface area (Å²) in [5, 5.41) is 25.1. The van der Waals surface area contributed by atoms with Gasteiger partial charge in [-0.3, -0.25) is 0 Å². The van der Waals surface area contributed by atoms with E-state index in [2.05, 4.69) is 32.2 Å². The molecule has 3 heteroatoms. The van der Waals surface area contributed by atoms with Gasteiger partial charge in [0, 0.05) is 0 Å². The fourth-order valence-corrected chi connectivity index (χ4v) is 9.62. The summed E-state index contributed by atoms with van der Waals surface area (Å²) in [7, 11) is 0. The minimum Gasteiger partial charge on any atom is -0.390 e. The zero-order valence-corrected chi connectivity index (χ0v) is 21.3. The van der Waals surface area contributed by atoms with Crippen molar-refractivity contribution in [2.45, 2.75) is 116 Å². The predicted octanol–water partition coefficient (Wildman–Crippen LogP) is 5.85. The Morgan fingerprint density at radius 1 is 0.969 bits per heavy atom. The molecule has 0 radical (unpaired) electrons. The van der Waals surface area contributed by atoms with E-state index in [1.165, 1.54) is 44.9 Å². The van der Waals surface area contributed by atoms with Crippen molar-refractivity contribution in [3.8, 4) is 0 Å². The van der Waals surface area contributed by atoms with Crippen LogP contribution in [-0.2, 0) is 0 Å². The molecule has 182 valence electrons. The number of hydrogen-bond donors (Lipinski definition) is 3. The fourth-order valence-electron chi connectivity index (χ4n) is 9.62. The van der Waals surface area contributed by atoms with Gasteiger partial charge in [-0.2, -0.15) is 0 Å². The molecule has 3 nitrogen and oxygen atoms in total. The first-order valence-corrected chi connectivity index (χ1v) is 13.9. The lowest BCUT2D eigenvalue weighted by molar-refractivity contribution is -0.0721. The smallest absolute Gasteiger partial charge is 0.0672 e. The molecule has 0 bridgehead atoms. The second-order valence-electron chi connectivity index (χ2n) is 13.7. The summed E-state index contributed by atoms with van der Waals surface area (Å²) < 4.78 is 0. The van der Waals surface area contributed by atoms with Crippen molar-refractivity contribution in [2.75, 3.05) is 13.1 Å². The summed E-state index contributed by atoms with van der Waals surface area (Å²) >= 11 is 0. The number of allylic oxidation sites excluding steroid dienone is 1. The van der Waals surface area contributed by atoms with E-state index in [0.29, 0.717) is 10.8 Å². The van der Waals surface area contributed by atoms with E-state index in [4.69, 9.17) is 0 Å². The highest BCUT2D eigenvalue weighted by Crippen LogP contribution is 2.67. The molecule has 4 aliphatic carbocycles. The molecule has 1 heterocycles. The molecule has 32 heavy (non-hydrogen) atoms. The Kier molecular flexibility index (Phi) is 5.91. The summed E-state index contributed by atoms with van der Waals surface area (Å²) in [6, 6.07) is 0. The first-order chi connectivity index (χ1) is 15.1. The number of nitrogens with one attached hydrogen (secondary N) is 1. The van der Waals surface area contributed by atoms with Crippen molar-refractivity contribution in [3.05, 3.63) is 11.6 Å². The third kappa shape index (κ3) is 3.83. The SMILES string of the molecule is C[C@H](CCC1(O)CCNCC1)[C@H]1CC[C@H]2[C@@H]3CC=C4C[C@@](C)(O)CC[C@]4(C)[C@H]3CC[C@]12C. The van der Waals surface area contributed by atoms with Gasteiger partial charge in [0.25, 0.3) is 0 Å². The maximum atomic E-state index is 11.0. The van der Waals surface area contributed by atoms with Crippen LogP contribution in [0.25, 0.3) is 0 Å². The summed E-state index contributed by atoms with van der Waals surface area (Å²) in [4.78, 5) is 0. The van der Waals surface area contributed by atoms with E-state index in [9.17, 15) is 10.2 Å². The van der Waals surface area contributed by atoms with Crippen LogP contribution in [0.2, 0.25) is 0 Å². The monoisotopic (exact) mass is 443 g/mol. The molecule has 4 fully saturated rings. The largest absolute Gasteiger partial charge is 0.390 e. The van der Waals surface area contributed by atoms with Crippen LogP contribution in [-0.4, -0.2) is 34.5 Å². The first kappa shape index (κ1) is 23.4. The molecule has 1 aliphatic heterocycles. The van der Waals surface area contributed by atoms with E-state index >= 15 is 0 Å². The van der Waals surface area contributed by atoms with Gasteiger partial charge in [-0.25, -0.2) is 0 Å². The molecule has 0 unspecified atom stereocenters. The number of hydrogen-bond acceptors (Lipinski definition) is 3. The zero-order valence-electron chi connectivity index (χ0n) is 21.3. The standard InChI is InChI=1S/C29H49NO2/c1-20(9-12-29(32)15-17-30-18-16-29)23-7-8-24-22-6-5-21-19-26(2,31)13-14-27(21,3)25(22)10-11-28(23,24)4/h5,20,22-25,30-32H,6-19H2,1-4H3/t20-,22+,23-,24+,25+,26+,27+,28-/m1/s1. The first-order valence-electron chi connectivity index (χ1n) is 13.9. The maximum absolute atomic E-state index is 11.0. The number of fused-ring (bicyclic) bond motifs is 5. The van der Waals surface area contributed by atoms with Crippen molar-refractivity contribution in [3.63, 3.8) is 0 Å². The van der Waals surface area contributed by atoms with Crippen LogP contribution >= 0.6 is 0 Å². The van der Waals surface area contributed by atoms with Crippen molar-refractivity contribution < 1.29 is 10.2 Å². The lowest BCUT2D eigenvalue weighted by atomic mass is 9.46. The maximum Gasteiger partial charge on any atom is 0.0672 e. The Bertz CT molecular complexity index is 737. The average Bonchev–Trinajstić information content (AvgIpc) is 3.10. The molecule has 3 saturated carbocycles. The van der Waals surface area contributed by atoms with Crippen LogP contribution in [0, 0.1) is 40.4 Å². The molecule has 5 rings (SSSR count). The normalized spacial score (nSPS) is 48.9. The Hall–Kier alpha value is -0.380. The van der Waals surface area contributed by atoms with E-state index in [0.717, 1.165) is 74.8 Å². The van der Waals surface area contributed by atoms with Gasteiger partial charge in [0.2, 0.25) is 0 Å². The second kappa shape index (κ2) is 8.09. The van der Waals surface area contributed by atoms with Gasteiger partial charge in [0.1, 0.15) is 0 Å². The van der Waals surface area contributed by atoms with Crippen LogP contribution in [0.3, 0.4) is 0 Å². The molecule has 0 spiro atoms. The zero-order chi connectivity index (χ0) is 22.8. The van der Waals surface area contributed by atoms with Crippen LogP contribution in [0.4, 0.5) is 0 Å². The highest BCUT2D eigenvalue weighted by molar-refractivity contribution is 5.26. The van der Waals surface area contributed by atoms with Gasteiger partial charge in [0.15, 0.2) is 0 Å². The molecule has 3 N–H and O–H groups in total. The van der Waals surface area contributed by atoms with Gasteiger partial charge in [-0.05, 0) is 137 Å². The third-order valence-corrected chi connectivity index (χ3v) is 11.7. The molecule has 5 aliphatic rings. The Balaban J connectivity index is 1.29. The molecular formula is C29H49NO2. The fraction of sp³-hybridized carbons (Fsp3) is 0.931. The lowest BCUT2D eigenvalue weighted by Crippen LogP contribution is -2.52. The Morgan fingerprint density at radius 2 is 1.72 bits per heavy atom. The highest BCUT2D eigenvalue weighted by atomic mass is 16.3. The quantitative estimate of drug-likeness (QED) is 0.478. The van der Waals surface area contributed by atoms with E-state index < -0.39 is 11.2 Å². The van der Waals surface area contributed by atoms with Crippen LogP contribution in [0.1, 0.15) is 105 Å². The number of aliphatic hydroxyl groups is 2. The van der Waals surface area contributed by atoms with E-state index in [1.807, 2.05) is 6.92 Å². The molecule has 0 aromatic carbocycles. The topological polar surface area (TPSA) is 52.5 Å². The summed E-state index contributed by atoms with van der Waals surface area (Å²) in [5.41, 5.74) is 1.48. The number of piperidine rings is 1. The highest BCUT2D eigenvalue weighted by Gasteiger charge is 2.59. The molecule has 0 aromatic heterocycles. The number of rotatable bonds is 4. The van der Waals surface area contributed by atoms with E-state index in [1.54, 1.807) is 5.57 Å². The van der Waals surface area contributed by atoms with Crippen molar-refractivity contribution >= 4 is 0 Å². The van der Waals surface area contributed by atoms with Gasteiger partial charge in [-0.1, -0.05) is 32.4 Å². The molecule has 0 amide bonds. The van der Waals surface area contributed by atoms with Crippen LogP contribution in [0.5, 0.6) is 0 Å². The minimum atomic E-state index is -0.492. The third-order valence-electron chi connectivity index (χ3n) is 11.7. The Labute approximate surface area is 196 Å². The average molecular weight is 444 g/mol. The molecule has 1 saturated heterocycles. The molecule has 8 atom stereocenters. The van der Waals surface area contributed by atoms with E-state index in [-0.39, 0.29) is 0 Å².